The van der Waals surface area contributed by atoms with Gasteiger partial charge in [0.05, 0.1) is 0 Å². The van der Waals surface area contributed by atoms with Gasteiger partial charge in [0.1, 0.15) is 5.60 Å². The fourth-order valence-electron chi connectivity index (χ4n) is 1.82. The third-order valence-electron chi connectivity index (χ3n) is 2.56. The Labute approximate surface area is 86.2 Å². The molecule has 0 saturated heterocycles. The molecule has 1 fully saturated rings. The summed E-state index contributed by atoms with van der Waals surface area (Å²) in [4.78, 5) is 11.4. The van der Waals surface area contributed by atoms with E-state index >= 15 is 0 Å². The molecule has 1 rings (SSSR count). The number of carbonyl (C=O) groups excluding carboxylic acids is 1. The minimum atomic E-state index is -0.397. The normalized spacial score (nSPS) is 27.4. The maximum Gasteiger partial charge on any atom is 0.407 e. The molecule has 0 aromatic heterocycles. The number of hydrogen-bond donors (Lipinski definition) is 1. The van der Waals surface area contributed by atoms with Gasteiger partial charge in [0.15, 0.2) is 0 Å². The van der Waals surface area contributed by atoms with Gasteiger partial charge < -0.3 is 10.1 Å². The van der Waals surface area contributed by atoms with Crippen LogP contribution in [0.1, 0.15) is 47.0 Å². The molecule has 1 saturated carbocycles. The molecule has 1 amide bonds. The van der Waals surface area contributed by atoms with Crippen LogP contribution in [0.3, 0.4) is 0 Å². The molecule has 1 aliphatic carbocycles. The molecule has 0 unspecified atom stereocenters. The van der Waals surface area contributed by atoms with Crippen LogP contribution in [0, 0.1) is 5.92 Å². The first-order valence-electron chi connectivity index (χ1n) is 5.38. The van der Waals surface area contributed by atoms with E-state index in [0.717, 1.165) is 6.42 Å². The van der Waals surface area contributed by atoms with Crippen molar-refractivity contribution >= 4 is 6.09 Å². The Balaban J connectivity index is 2.33. The number of rotatable bonds is 1. The molecule has 3 heteroatoms. The second-order valence-corrected chi connectivity index (χ2v) is 5.16. The number of carbonyl (C=O) groups is 1. The van der Waals surface area contributed by atoms with Gasteiger partial charge in [-0.15, -0.1) is 0 Å². The standard InChI is InChI=1S/C11H21NO2/c1-8-6-5-7-9(8)12-10(13)14-11(2,3)4/h8-9H,5-7H2,1-4H3,(H,12,13)/t8-,9-/m0/s1. The van der Waals surface area contributed by atoms with Crippen LogP contribution < -0.4 is 5.32 Å². The zero-order valence-electron chi connectivity index (χ0n) is 9.59. The Bertz CT molecular complexity index is 208. The molecule has 0 aromatic rings. The van der Waals surface area contributed by atoms with Crippen LogP contribution in [-0.4, -0.2) is 17.7 Å². The van der Waals surface area contributed by atoms with E-state index in [1.165, 1.54) is 12.8 Å². The number of amides is 1. The van der Waals surface area contributed by atoms with Crippen molar-refractivity contribution in [2.45, 2.75) is 58.6 Å². The first kappa shape index (κ1) is 11.3. The highest BCUT2D eigenvalue weighted by molar-refractivity contribution is 5.68. The summed E-state index contributed by atoms with van der Waals surface area (Å²) >= 11 is 0. The van der Waals surface area contributed by atoms with Crippen molar-refractivity contribution in [3.8, 4) is 0 Å². The molecular formula is C11H21NO2. The molecule has 0 radical (unpaired) electrons. The highest BCUT2D eigenvalue weighted by Gasteiger charge is 2.26. The summed E-state index contributed by atoms with van der Waals surface area (Å²) in [5.41, 5.74) is -0.397. The molecule has 1 N–H and O–H groups in total. The second-order valence-electron chi connectivity index (χ2n) is 5.16. The summed E-state index contributed by atoms with van der Waals surface area (Å²) < 4.78 is 5.20. The van der Waals surface area contributed by atoms with E-state index in [2.05, 4.69) is 12.2 Å². The van der Waals surface area contributed by atoms with Crippen molar-refractivity contribution in [2.75, 3.05) is 0 Å². The van der Waals surface area contributed by atoms with Gasteiger partial charge >= 0.3 is 6.09 Å². The van der Waals surface area contributed by atoms with E-state index in [9.17, 15) is 4.79 Å². The van der Waals surface area contributed by atoms with E-state index in [-0.39, 0.29) is 6.09 Å². The third kappa shape index (κ3) is 3.56. The molecule has 0 aromatic carbocycles. The molecule has 2 atom stereocenters. The van der Waals surface area contributed by atoms with Crippen LogP contribution in [0.15, 0.2) is 0 Å². The Morgan fingerprint density at radius 2 is 2.00 bits per heavy atom. The molecule has 0 heterocycles. The largest absolute Gasteiger partial charge is 0.444 e. The molecule has 0 spiro atoms. The summed E-state index contributed by atoms with van der Waals surface area (Å²) in [5.74, 6) is 0.586. The summed E-state index contributed by atoms with van der Waals surface area (Å²) in [7, 11) is 0. The van der Waals surface area contributed by atoms with Gasteiger partial charge in [-0.1, -0.05) is 13.3 Å². The quantitative estimate of drug-likeness (QED) is 0.705. The zero-order valence-corrected chi connectivity index (χ0v) is 9.59. The predicted molar refractivity (Wildman–Crippen MR) is 56.2 cm³/mol. The fraction of sp³-hybridized carbons (Fsp3) is 0.909. The minimum absolute atomic E-state index is 0.281. The van der Waals surface area contributed by atoms with E-state index in [4.69, 9.17) is 4.74 Å². The Morgan fingerprint density at radius 1 is 1.36 bits per heavy atom. The van der Waals surface area contributed by atoms with Crippen LogP contribution in [0.2, 0.25) is 0 Å². The van der Waals surface area contributed by atoms with E-state index in [1.54, 1.807) is 0 Å². The van der Waals surface area contributed by atoms with E-state index in [0.29, 0.717) is 12.0 Å². The molecule has 3 nitrogen and oxygen atoms in total. The van der Waals surface area contributed by atoms with Gasteiger partial charge in [0, 0.05) is 6.04 Å². The van der Waals surface area contributed by atoms with Gasteiger partial charge in [-0.25, -0.2) is 4.79 Å². The van der Waals surface area contributed by atoms with Crippen molar-refractivity contribution in [1.29, 1.82) is 0 Å². The average Bonchev–Trinajstić information content (AvgIpc) is 2.32. The molecule has 1 aliphatic rings. The average molecular weight is 199 g/mol. The van der Waals surface area contributed by atoms with Crippen LogP contribution in [0.4, 0.5) is 4.79 Å². The summed E-state index contributed by atoms with van der Waals surface area (Å²) in [6.07, 6.45) is 3.22. The molecule has 0 aliphatic heterocycles. The van der Waals surface area contributed by atoms with E-state index < -0.39 is 5.60 Å². The highest BCUT2D eigenvalue weighted by atomic mass is 16.6. The highest BCUT2D eigenvalue weighted by Crippen LogP contribution is 2.25. The molecule has 82 valence electrons. The van der Waals surface area contributed by atoms with Gasteiger partial charge in [-0.3, -0.25) is 0 Å². The first-order chi connectivity index (χ1) is 6.38. The summed E-state index contributed by atoms with van der Waals surface area (Å²) in [5, 5.41) is 2.92. The zero-order chi connectivity index (χ0) is 10.8. The van der Waals surface area contributed by atoms with Crippen molar-refractivity contribution in [3.05, 3.63) is 0 Å². The van der Waals surface area contributed by atoms with Crippen LogP contribution in [0.25, 0.3) is 0 Å². The van der Waals surface area contributed by atoms with Gasteiger partial charge in [0.2, 0.25) is 0 Å². The van der Waals surface area contributed by atoms with Crippen LogP contribution in [-0.2, 0) is 4.74 Å². The molecule has 0 bridgehead atoms. The molecule has 14 heavy (non-hydrogen) atoms. The summed E-state index contributed by atoms with van der Waals surface area (Å²) in [6.45, 7) is 7.81. The number of alkyl carbamates (subject to hydrolysis) is 1. The maximum atomic E-state index is 11.4. The minimum Gasteiger partial charge on any atom is -0.444 e. The topological polar surface area (TPSA) is 38.3 Å². The van der Waals surface area contributed by atoms with Gasteiger partial charge in [-0.05, 0) is 39.5 Å². The van der Waals surface area contributed by atoms with Crippen molar-refractivity contribution in [2.24, 2.45) is 5.92 Å². The number of hydrogen-bond acceptors (Lipinski definition) is 2. The van der Waals surface area contributed by atoms with Crippen LogP contribution in [0.5, 0.6) is 0 Å². The predicted octanol–water partition coefficient (Wildman–Crippen LogP) is 2.70. The summed E-state index contributed by atoms with van der Waals surface area (Å²) in [6, 6.07) is 0.310. The maximum absolute atomic E-state index is 11.4. The van der Waals surface area contributed by atoms with Crippen molar-refractivity contribution < 1.29 is 9.53 Å². The van der Waals surface area contributed by atoms with E-state index in [1.807, 2.05) is 20.8 Å². The monoisotopic (exact) mass is 199 g/mol. The van der Waals surface area contributed by atoms with Crippen LogP contribution >= 0.6 is 0 Å². The Kier molecular flexibility index (Phi) is 3.40. The number of ether oxygens (including phenoxy) is 1. The van der Waals surface area contributed by atoms with Crippen molar-refractivity contribution in [1.82, 2.24) is 5.32 Å². The third-order valence-corrected chi connectivity index (χ3v) is 2.56. The first-order valence-corrected chi connectivity index (χ1v) is 5.38. The Hall–Kier alpha value is -0.730. The molecular weight excluding hydrogens is 178 g/mol. The Morgan fingerprint density at radius 3 is 2.43 bits per heavy atom. The number of nitrogens with one attached hydrogen (secondary N) is 1. The fourth-order valence-corrected chi connectivity index (χ4v) is 1.82. The second kappa shape index (κ2) is 4.20. The van der Waals surface area contributed by atoms with Crippen molar-refractivity contribution in [3.63, 3.8) is 0 Å². The smallest absolute Gasteiger partial charge is 0.407 e. The van der Waals surface area contributed by atoms with Gasteiger partial charge in [0.25, 0.3) is 0 Å². The lowest BCUT2D eigenvalue weighted by Crippen LogP contribution is -2.40. The lowest BCUT2D eigenvalue weighted by molar-refractivity contribution is 0.0495. The van der Waals surface area contributed by atoms with Gasteiger partial charge in [-0.2, -0.15) is 0 Å². The SMILES string of the molecule is C[C@H]1CCC[C@@H]1NC(=O)OC(C)(C)C. The lowest BCUT2D eigenvalue weighted by Gasteiger charge is -2.23. The lowest BCUT2D eigenvalue weighted by atomic mass is 10.1.